The Hall–Kier alpha value is -2.96. The van der Waals surface area contributed by atoms with Gasteiger partial charge in [0, 0.05) is 28.7 Å². The molecule has 0 bridgehead atoms. The van der Waals surface area contributed by atoms with Crippen molar-refractivity contribution < 1.29 is 4.79 Å². The Morgan fingerprint density at radius 3 is 2.68 bits per heavy atom. The molecule has 0 saturated carbocycles. The average molecular weight is 431 g/mol. The first-order valence-corrected chi connectivity index (χ1v) is 11.7. The molecule has 1 atom stereocenters. The van der Waals surface area contributed by atoms with Crippen LogP contribution < -0.4 is 5.32 Å². The van der Waals surface area contributed by atoms with Crippen molar-refractivity contribution in [2.45, 2.75) is 24.8 Å². The molecule has 31 heavy (non-hydrogen) atoms. The molecule has 3 heterocycles. The summed E-state index contributed by atoms with van der Waals surface area (Å²) in [5, 5.41) is 7.40. The molecule has 2 N–H and O–H groups in total. The first-order valence-electron chi connectivity index (χ1n) is 10.8. The number of hydrogen-bond acceptors (Lipinski definition) is 4. The van der Waals surface area contributed by atoms with Gasteiger partial charge in [-0.15, -0.1) is 11.3 Å². The van der Waals surface area contributed by atoms with Gasteiger partial charge in [-0.2, -0.15) is 0 Å². The second-order valence-corrected chi connectivity index (χ2v) is 9.05. The van der Waals surface area contributed by atoms with Crippen LogP contribution in [0.5, 0.6) is 0 Å². The molecular weight excluding hydrogens is 404 g/mol. The normalized spacial score (nSPS) is 16.4. The minimum atomic E-state index is -0.197. The summed E-state index contributed by atoms with van der Waals surface area (Å²) < 4.78 is 0. The number of aromatic nitrogens is 2. The summed E-state index contributed by atoms with van der Waals surface area (Å²) in [7, 11) is 0. The van der Waals surface area contributed by atoms with E-state index in [1.807, 2.05) is 35.7 Å². The number of para-hydroxylation sites is 1. The van der Waals surface area contributed by atoms with E-state index >= 15 is 0 Å². The molecule has 4 aromatic rings. The zero-order valence-electron chi connectivity index (χ0n) is 17.3. The quantitative estimate of drug-likeness (QED) is 0.466. The zero-order chi connectivity index (χ0) is 21.0. The van der Waals surface area contributed by atoms with Crippen LogP contribution in [-0.4, -0.2) is 40.4 Å². The van der Waals surface area contributed by atoms with Crippen molar-refractivity contribution in [3.63, 3.8) is 0 Å². The number of rotatable bonds is 6. The lowest BCUT2D eigenvalue weighted by Gasteiger charge is -2.31. The number of piperidine rings is 1. The van der Waals surface area contributed by atoms with Gasteiger partial charge in [-0.05, 0) is 49.0 Å². The van der Waals surface area contributed by atoms with E-state index in [2.05, 4.69) is 50.6 Å². The van der Waals surface area contributed by atoms with Crippen LogP contribution in [0.25, 0.3) is 10.9 Å². The lowest BCUT2D eigenvalue weighted by molar-refractivity contribution is -0.123. The Balaban J connectivity index is 1.20. The Bertz CT molecular complexity index is 1130. The van der Waals surface area contributed by atoms with Crippen LogP contribution in [0.4, 0.5) is 0 Å². The molecule has 1 aliphatic heterocycles. The molecule has 158 valence electrons. The van der Waals surface area contributed by atoms with Crippen LogP contribution in [0.15, 0.2) is 72.4 Å². The molecule has 2 aromatic heterocycles. The summed E-state index contributed by atoms with van der Waals surface area (Å²) in [6, 6.07) is 18.4. The van der Waals surface area contributed by atoms with E-state index in [1.165, 1.54) is 16.5 Å². The molecule has 0 aliphatic carbocycles. The molecule has 5 nitrogen and oxygen atoms in total. The molecule has 6 heteroatoms. The molecule has 5 rings (SSSR count). The van der Waals surface area contributed by atoms with Gasteiger partial charge in [-0.25, -0.2) is 4.98 Å². The standard InChI is InChI=1S/C25H26N4OS/c30-23(28-24(25-26-12-15-31-25)19-6-2-1-3-7-19)17-29-13-10-18(11-14-29)21-16-27-22-9-5-4-8-20(21)22/h1-9,12,15-16,18,24,27H,10-11,13-14,17H2,(H,28,30). The second kappa shape index (κ2) is 9.04. The van der Waals surface area contributed by atoms with Crippen LogP contribution in [-0.2, 0) is 4.79 Å². The Kier molecular flexibility index (Phi) is 5.82. The van der Waals surface area contributed by atoms with Gasteiger partial charge < -0.3 is 10.3 Å². The van der Waals surface area contributed by atoms with Crippen LogP contribution in [0.2, 0.25) is 0 Å². The van der Waals surface area contributed by atoms with E-state index in [9.17, 15) is 4.79 Å². The van der Waals surface area contributed by atoms with E-state index in [0.29, 0.717) is 12.5 Å². The minimum absolute atomic E-state index is 0.0506. The van der Waals surface area contributed by atoms with Gasteiger partial charge in [0.05, 0.1) is 6.54 Å². The summed E-state index contributed by atoms with van der Waals surface area (Å²) in [6.07, 6.45) is 6.10. The number of amides is 1. The minimum Gasteiger partial charge on any atom is -0.361 e. The average Bonchev–Trinajstić information content (AvgIpc) is 3.49. The van der Waals surface area contributed by atoms with Crippen LogP contribution in [0.3, 0.4) is 0 Å². The van der Waals surface area contributed by atoms with Gasteiger partial charge in [0.15, 0.2) is 0 Å². The predicted molar refractivity (Wildman–Crippen MR) is 125 cm³/mol. The van der Waals surface area contributed by atoms with Crippen molar-refractivity contribution in [1.82, 2.24) is 20.2 Å². The Labute approximate surface area is 186 Å². The van der Waals surface area contributed by atoms with Crippen molar-refractivity contribution in [1.29, 1.82) is 0 Å². The molecule has 1 saturated heterocycles. The van der Waals surface area contributed by atoms with E-state index in [0.717, 1.165) is 36.5 Å². The van der Waals surface area contributed by atoms with Crippen molar-refractivity contribution in [3.05, 3.63) is 88.5 Å². The monoisotopic (exact) mass is 430 g/mol. The molecule has 1 aliphatic rings. The van der Waals surface area contributed by atoms with E-state index in [4.69, 9.17) is 0 Å². The summed E-state index contributed by atoms with van der Waals surface area (Å²) >= 11 is 1.57. The molecule has 0 spiro atoms. The molecule has 1 amide bonds. The fourth-order valence-corrected chi connectivity index (χ4v) is 5.27. The summed E-state index contributed by atoms with van der Waals surface area (Å²) in [6.45, 7) is 2.30. The SMILES string of the molecule is O=C(CN1CCC(c2c[nH]c3ccccc23)CC1)NC(c1ccccc1)c1nccs1. The topological polar surface area (TPSA) is 61.0 Å². The van der Waals surface area contributed by atoms with Gasteiger partial charge in [0.25, 0.3) is 0 Å². The number of fused-ring (bicyclic) bond motifs is 1. The number of H-pyrrole nitrogens is 1. The number of likely N-dealkylation sites (tertiary alicyclic amines) is 1. The maximum absolute atomic E-state index is 12.9. The number of carbonyl (C=O) groups is 1. The highest BCUT2D eigenvalue weighted by molar-refractivity contribution is 7.09. The first-order chi connectivity index (χ1) is 15.3. The third-order valence-corrected chi connectivity index (χ3v) is 6.99. The number of benzene rings is 2. The third-order valence-electron chi connectivity index (χ3n) is 6.15. The number of aromatic amines is 1. The zero-order valence-corrected chi connectivity index (χ0v) is 18.1. The number of carbonyl (C=O) groups excluding carboxylic acids is 1. The van der Waals surface area contributed by atoms with Gasteiger partial charge in [-0.1, -0.05) is 48.5 Å². The van der Waals surface area contributed by atoms with Gasteiger partial charge in [0.1, 0.15) is 11.0 Å². The largest absolute Gasteiger partial charge is 0.361 e. The fraction of sp³-hybridized carbons (Fsp3) is 0.280. The third kappa shape index (κ3) is 4.40. The van der Waals surface area contributed by atoms with Crippen LogP contribution >= 0.6 is 11.3 Å². The molecule has 2 aromatic carbocycles. The maximum Gasteiger partial charge on any atom is 0.235 e. The van der Waals surface area contributed by atoms with Gasteiger partial charge in [-0.3, -0.25) is 9.69 Å². The van der Waals surface area contributed by atoms with E-state index in [-0.39, 0.29) is 11.9 Å². The maximum atomic E-state index is 12.9. The van der Waals surface area contributed by atoms with Crippen molar-refractivity contribution in [2.24, 2.45) is 0 Å². The summed E-state index contributed by atoms with van der Waals surface area (Å²) in [5.74, 6) is 0.595. The van der Waals surface area contributed by atoms with Crippen molar-refractivity contribution >= 4 is 28.1 Å². The molecular formula is C25H26N4OS. The highest BCUT2D eigenvalue weighted by Crippen LogP contribution is 2.33. The summed E-state index contributed by atoms with van der Waals surface area (Å²) in [4.78, 5) is 23.0. The highest BCUT2D eigenvalue weighted by atomic mass is 32.1. The van der Waals surface area contributed by atoms with E-state index in [1.54, 1.807) is 17.5 Å². The highest BCUT2D eigenvalue weighted by Gasteiger charge is 2.25. The fourth-order valence-electron chi connectivity index (χ4n) is 4.55. The lowest BCUT2D eigenvalue weighted by Crippen LogP contribution is -2.42. The van der Waals surface area contributed by atoms with Crippen molar-refractivity contribution in [2.75, 3.05) is 19.6 Å². The van der Waals surface area contributed by atoms with Crippen molar-refractivity contribution in [3.8, 4) is 0 Å². The van der Waals surface area contributed by atoms with Gasteiger partial charge in [0.2, 0.25) is 5.91 Å². The van der Waals surface area contributed by atoms with E-state index < -0.39 is 0 Å². The number of thiazole rings is 1. The van der Waals surface area contributed by atoms with Gasteiger partial charge >= 0.3 is 0 Å². The van der Waals surface area contributed by atoms with Crippen LogP contribution in [0.1, 0.15) is 40.9 Å². The smallest absolute Gasteiger partial charge is 0.235 e. The summed E-state index contributed by atoms with van der Waals surface area (Å²) in [5.41, 5.74) is 3.67. The second-order valence-electron chi connectivity index (χ2n) is 8.12. The molecule has 1 unspecified atom stereocenters. The number of hydrogen-bond donors (Lipinski definition) is 2. The molecule has 0 radical (unpaired) electrons. The number of nitrogens with one attached hydrogen (secondary N) is 2. The lowest BCUT2D eigenvalue weighted by atomic mass is 9.89. The Morgan fingerprint density at radius 1 is 1.13 bits per heavy atom. The van der Waals surface area contributed by atoms with Crippen LogP contribution in [0, 0.1) is 0 Å². The first kappa shape index (κ1) is 20.0. The molecule has 1 fully saturated rings. The Morgan fingerprint density at radius 2 is 1.90 bits per heavy atom. The predicted octanol–water partition coefficient (Wildman–Crippen LogP) is 4.71. The number of nitrogens with zero attached hydrogens (tertiary/aromatic N) is 2.